The van der Waals surface area contributed by atoms with E-state index in [0.29, 0.717) is 12.3 Å². The third-order valence-corrected chi connectivity index (χ3v) is 4.67. The van der Waals surface area contributed by atoms with Gasteiger partial charge in [0.15, 0.2) is 0 Å². The Morgan fingerprint density at radius 2 is 2.12 bits per heavy atom. The number of carbonyl (C=O) groups is 1. The summed E-state index contributed by atoms with van der Waals surface area (Å²) in [4.78, 5) is 11.7. The fourth-order valence-corrected chi connectivity index (χ4v) is 3.55. The molecular weight excluding hydrogens is 214 g/mol. The van der Waals surface area contributed by atoms with E-state index in [4.69, 9.17) is 10.5 Å². The van der Waals surface area contributed by atoms with Crippen LogP contribution in [0.5, 0.6) is 0 Å². The fraction of sp³-hybridized carbons (Fsp3) is 0.929. The van der Waals surface area contributed by atoms with Gasteiger partial charge in [-0.05, 0) is 32.6 Å². The minimum absolute atomic E-state index is 0.0902. The molecule has 2 unspecified atom stereocenters. The Balaban J connectivity index is 3.02. The van der Waals surface area contributed by atoms with Gasteiger partial charge in [-0.15, -0.1) is 0 Å². The molecule has 1 fully saturated rings. The summed E-state index contributed by atoms with van der Waals surface area (Å²) >= 11 is 0. The van der Waals surface area contributed by atoms with Crippen LogP contribution < -0.4 is 5.73 Å². The van der Waals surface area contributed by atoms with Gasteiger partial charge in [0.05, 0.1) is 13.5 Å². The number of hydrogen-bond donors (Lipinski definition) is 1. The number of hydrogen-bond acceptors (Lipinski definition) is 3. The minimum Gasteiger partial charge on any atom is -0.469 e. The van der Waals surface area contributed by atoms with E-state index in [1.54, 1.807) is 0 Å². The first-order valence-electron chi connectivity index (χ1n) is 6.73. The molecule has 0 bridgehead atoms. The van der Waals surface area contributed by atoms with Gasteiger partial charge in [-0.1, -0.05) is 26.2 Å². The standard InChI is InChI=1S/C14H27NO2/c1-5-11-8-6-7-9-14(11,13(2,3)15)10-12(16)17-4/h11H,5-10,15H2,1-4H3. The quantitative estimate of drug-likeness (QED) is 0.770. The molecule has 0 heterocycles. The van der Waals surface area contributed by atoms with E-state index in [2.05, 4.69) is 20.8 Å². The van der Waals surface area contributed by atoms with Crippen molar-refractivity contribution in [2.75, 3.05) is 7.11 Å². The Labute approximate surface area is 105 Å². The first-order chi connectivity index (χ1) is 7.87. The summed E-state index contributed by atoms with van der Waals surface area (Å²) in [7, 11) is 1.46. The maximum atomic E-state index is 11.7. The smallest absolute Gasteiger partial charge is 0.306 e. The molecule has 0 aliphatic heterocycles. The lowest BCUT2D eigenvalue weighted by Gasteiger charge is -2.52. The highest BCUT2D eigenvalue weighted by Gasteiger charge is 2.50. The normalized spacial score (nSPS) is 30.1. The summed E-state index contributed by atoms with van der Waals surface area (Å²) in [5, 5.41) is 0. The average molecular weight is 241 g/mol. The highest BCUT2D eigenvalue weighted by molar-refractivity contribution is 5.70. The summed E-state index contributed by atoms with van der Waals surface area (Å²) in [5.74, 6) is 0.416. The summed E-state index contributed by atoms with van der Waals surface area (Å²) in [6.07, 6.45) is 6.23. The van der Waals surface area contributed by atoms with Gasteiger partial charge in [0.25, 0.3) is 0 Å². The van der Waals surface area contributed by atoms with Crippen LogP contribution in [0, 0.1) is 11.3 Å². The van der Waals surface area contributed by atoms with E-state index < -0.39 is 0 Å². The second-order valence-corrected chi connectivity index (χ2v) is 5.98. The van der Waals surface area contributed by atoms with Crippen LogP contribution in [0.25, 0.3) is 0 Å². The van der Waals surface area contributed by atoms with Crippen LogP contribution in [0.1, 0.15) is 59.3 Å². The zero-order valence-corrected chi connectivity index (χ0v) is 11.7. The van der Waals surface area contributed by atoms with Gasteiger partial charge in [-0.25, -0.2) is 0 Å². The van der Waals surface area contributed by atoms with Crippen LogP contribution >= 0.6 is 0 Å². The first-order valence-corrected chi connectivity index (χ1v) is 6.73. The lowest BCUT2D eigenvalue weighted by Crippen LogP contribution is -2.57. The van der Waals surface area contributed by atoms with Gasteiger partial charge in [0, 0.05) is 11.0 Å². The number of rotatable bonds is 4. The van der Waals surface area contributed by atoms with Crippen molar-refractivity contribution < 1.29 is 9.53 Å². The zero-order chi connectivity index (χ0) is 13.1. The second-order valence-electron chi connectivity index (χ2n) is 5.98. The van der Waals surface area contributed by atoms with Crippen LogP contribution in [-0.2, 0) is 9.53 Å². The van der Waals surface area contributed by atoms with Gasteiger partial charge in [-0.2, -0.15) is 0 Å². The van der Waals surface area contributed by atoms with Crippen molar-refractivity contribution in [3.05, 3.63) is 0 Å². The van der Waals surface area contributed by atoms with Gasteiger partial charge < -0.3 is 10.5 Å². The molecule has 0 aromatic heterocycles. The van der Waals surface area contributed by atoms with Crippen molar-refractivity contribution in [3.63, 3.8) is 0 Å². The molecule has 1 rings (SSSR count). The van der Waals surface area contributed by atoms with E-state index in [1.807, 2.05) is 0 Å². The largest absolute Gasteiger partial charge is 0.469 e. The minimum atomic E-state index is -0.331. The molecule has 1 saturated carbocycles. The summed E-state index contributed by atoms with van der Waals surface area (Å²) in [5.41, 5.74) is 5.99. The molecule has 0 aromatic carbocycles. The molecule has 2 N–H and O–H groups in total. The fourth-order valence-electron chi connectivity index (χ4n) is 3.55. The van der Waals surface area contributed by atoms with Crippen LogP contribution in [0.3, 0.4) is 0 Å². The molecule has 3 nitrogen and oxygen atoms in total. The third kappa shape index (κ3) is 2.82. The molecule has 0 saturated heterocycles. The summed E-state index contributed by atoms with van der Waals surface area (Å²) in [6.45, 7) is 6.32. The number of esters is 1. The molecular formula is C14H27NO2. The monoisotopic (exact) mass is 241 g/mol. The first kappa shape index (κ1) is 14.5. The maximum absolute atomic E-state index is 11.7. The van der Waals surface area contributed by atoms with Crippen molar-refractivity contribution in [2.45, 2.75) is 64.8 Å². The molecule has 17 heavy (non-hydrogen) atoms. The van der Waals surface area contributed by atoms with Gasteiger partial charge in [0.1, 0.15) is 0 Å². The Morgan fingerprint density at radius 1 is 1.47 bits per heavy atom. The summed E-state index contributed by atoms with van der Waals surface area (Å²) in [6, 6.07) is 0. The predicted molar refractivity (Wildman–Crippen MR) is 69.6 cm³/mol. The average Bonchev–Trinajstić information content (AvgIpc) is 2.28. The van der Waals surface area contributed by atoms with E-state index in [9.17, 15) is 4.79 Å². The zero-order valence-electron chi connectivity index (χ0n) is 11.7. The number of ether oxygens (including phenoxy) is 1. The molecule has 2 atom stereocenters. The van der Waals surface area contributed by atoms with Gasteiger partial charge in [-0.3, -0.25) is 4.79 Å². The van der Waals surface area contributed by atoms with Gasteiger partial charge in [0.2, 0.25) is 0 Å². The van der Waals surface area contributed by atoms with Crippen molar-refractivity contribution in [2.24, 2.45) is 17.1 Å². The van der Waals surface area contributed by atoms with Gasteiger partial charge >= 0.3 is 5.97 Å². The van der Waals surface area contributed by atoms with E-state index in [-0.39, 0.29) is 16.9 Å². The Kier molecular flexibility index (Phi) is 4.59. The van der Waals surface area contributed by atoms with Crippen molar-refractivity contribution >= 4 is 5.97 Å². The molecule has 100 valence electrons. The Bertz CT molecular complexity index is 270. The Hall–Kier alpha value is -0.570. The second kappa shape index (κ2) is 5.38. The molecule has 3 heteroatoms. The molecule has 1 aliphatic rings. The lowest BCUT2D eigenvalue weighted by atomic mass is 9.55. The highest BCUT2D eigenvalue weighted by atomic mass is 16.5. The Morgan fingerprint density at radius 3 is 2.59 bits per heavy atom. The van der Waals surface area contributed by atoms with Crippen molar-refractivity contribution in [3.8, 4) is 0 Å². The van der Waals surface area contributed by atoms with E-state index >= 15 is 0 Å². The van der Waals surface area contributed by atoms with Crippen LogP contribution in [0.2, 0.25) is 0 Å². The van der Waals surface area contributed by atoms with Crippen LogP contribution in [-0.4, -0.2) is 18.6 Å². The molecule has 0 amide bonds. The van der Waals surface area contributed by atoms with E-state index in [1.165, 1.54) is 26.4 Å². The molecule has 1 aliphatic carbocycles. The van der Waals surface area contributed by atoms with E-state index in [0.717, 1.165) is 12.8 Å². The molecule has 0 aromatic rings. The number of nitrogens with two attached hydrogens (primary N) is 1. The van der Waals surface area contributed by atoms with Crippen LogP contribution in [0.4, 0.5) is 0 Å². The van der Waals surface area contributed by atoms with Crippen LogP contribution in [0.15, 0.2) is 0 Å². The number of carbonyl (C=O) groups excluding carboxylic acids is 1. The molecule has 0 radical (unpaired) electrons. The van der Waals surface area contributed by atoms with Crippen molar-refractivity contribution in [1.29, 1.82) is 0 Å². The van der Waals surface area contributed by atoms with Crippen molar-refractivity contribution in [1.82, 2.24) is 0 Å². The summed E-state index contributed by atoms with van der Waals surface area (Å²) < 4.78 is 4.87. The third-order valence-electron chi connectivity index (χ3n) is 4.67. The topological polar surface area (TPSA) is 52.3 Å². The number of methoxy groups -OCH3 is 1. The SMILES string of the molecule is CCC1CCCCC1(CC(=O)OC)C(C)(C)N. The maximum Gasteiger partial charge on any atom is 0.306 e. The lowest BCUT2D eigenvalue weighted by molar-refractivity contribution is -0.147. The predicted octanol–water partition coefficient (Wildman–Crippen LogP) is 2.87. The molecule has 0 spiro atoms. The highest BCUT2D eigenvalue weighted by Crippen LogP contribution is 2.51.